The predicted octanol–water partition coefficient (Wildman–Crippen LogP) is 2.78. The van der Waals surface area contributed by atoms with Crippen LogP contribution in [0.25, 0.3) is 0 Å². The van der Waals surface area contributed by atoms with Crippen molar-refractivity contribution in [3.8, 4) is 6.07 Å². The van der Waals surface area contributed by atoms with Gasteiger partial charge >= 0.3 is 0 Å². The van der Waals surface area contributed by atoms with E-state index in [0.717, 1.165) is 5.56 Å². The molecule has 10 heteroatoms. The van der Waals surface area contributed by atoms with Crippen LogP contribution in [0, 0.1) is 11.3 Å². The Morgan fingerprint density at radius 2 is 1.85 bits per heavy atom. The second-order valence-electron chi connectivity index (χ2n) is 5.32. The second-order valence-corrected chi connectivity index (χ2v) is 7.72. The minimum atomic E-state index is -3.75. The fourth-order valence-corrected chi connectivity index (χ4v) is 2.97. The monoisotopic (exact) mass is 424 g/mol. The fraction of sp³-hybridized carbons (Fsp3) is 0.0588. The Bertz CT molecular complexity index is 1030. The number of hydrogen-bond donors (Lipinski definition) is 3. The molecule has 0 aliphatic heterocycles. The van der Waals surface area contributed by atoms with Crippen LogP contribution in [-0.4, -0.2) is 14.3 Å². The highest BCUT2D eigenvalue weighted by atomic mass is 35.5. The molecule has 0 aromatic heterocycles. The minimum Gasteiger partial charge on any atom is -0.386 e. The molecule has 0 fully saturated rings. The van der Waals surface area contributed by atoms with Crippen LogP contribution in [0.2, 0.25) is 10.0 Å². The van der Waals surface area contributed by atoms with Crippen LogP contribution in [0.4, 0.5) is 5.69 Å². The first kappa shape index (κ1) is 20.7. The summed E-state index contributed by atoms with van der Waals surface area (Å²) in [6, 6.07) is 12.2. The van der Waals surface area contributed by atoms with Crippen molar-refractivity contribution in [1.29, 1.82) is 5.26 Å². The number of carbonyl (C=O) groups excluding carboxylic acids is 1. The van der Waals surface area contributed by atoms with Crippen molar-refractivity contribution in [2.45, 2.75) is 11.4 Å². The first-order chi connectivity index (χ1) is 12.7. The van der Waals surface area contributed by atoms with Crippen LogP contribution in [0.15, 0.2) is 59.1 Å². The smallest absolute Gasteiger partial charge is 0.267 e. The Balaban J connectivity index is 2.01. The van der Waals surface area contributed by atoms with Crippen molar-refractivity contribution in [2.75, 3.05) is 5.32 Å². The molecule has 2 rings (SSSR count). The lowest BCUT2D eigenvalue weighted by atomic mass is 10.2. The highest BCUT2D eigenvalue weighted by Gasteiger charge is 2.11. The number of rotatable bonds is 6. The number of nitrogens with zero attached hydrogens (tertiary/aromatic N) is 1. The van der Waals surface area contributed by atoms with Gasteiger partial charge in [-0.3, -0.25) is 4.79 Å². The zero-order valence-electron chi connectivity index (χ0n) is 13.7. The second kappa shape index (κ2) is 8.88. The highest BCUT2D eigenvalue weighted by Crippen LogP contribution is 2.25. The van der Waals surface area contributed by atoms with E-state index in [4.69, 9.17) is 33.6 Å². The quantitative estimate of drug-likeness (QED) is 0.485. The number of halogens is 2. The summed E-state index contributed by atoms with van der Waals surface area (Å²) in [4.78, 5) is 12.2. The molecule has 0 aliphatic carbocycles. The van der Waals surface area contributed by atoms with Crippen molar-refractivity contribution in [1.82, 2.24) is 5.32 Å². The Morgan fingerprint density at radius 3 is 2.41 bits per heavy atom. The van der Waals surface area contributed by atoms with Crippen LogP contribution >= 0.6 is 23.2 Å². The molecule has 0 aliphatic rings. The largest absolute Gasteiger partial charge is 0.386 e. The van der Waals surface area contributed by atoms with Gasteiger partial charge in [0.2, 0.25) is 10.0 Å². The first-order valence-corrected chi connectivity index (χ1v) is 9.72. The molecule has 0 unspecified atom stereocenters. The van der Waals surface area contributed by atoms with Crippen molar-refractivity contribution in [2.24, 2.45) is 5.14 Å². The molecule has 7 nitrogen and oxygen atoms in total. The van der Waals surface area contributed by atoms with E-state index in [2.05, 4.69) is 10.6 Å². The summed E-state index contributed by atoms with van der Waals surface area (Å²) in [7, 11) is -3.75. The number of anilines is 1. The molecule has 0 heterocycles. The van der Waals surface area contributed by atoms with E-state index >= 15 is 0 Å². The van der Waals surface area contributed by atoms with Gasteiger partial charge in [0.1, 0.15) is 11.6 Å². The summed E-state index contributed by atoms with van der Waals surface area (Å²) < 4.78 is 22.4. The zero-order chi connectivity index (χ0) is 20.0. The van der Waals surface area contributed by atoms with Crippen molar-refractivity contribution in [3.63, 3.8) is 0 Å². The Hall–Kier alpha value is -2.57. The van der Waals surface area contributed by atoms with Crippen molar-refractivity contribution < 1.29 is 13.2 Å². The molecule has 0 radical (unpaired) electrons. The molecule has 0 spiro atoms. The number of primary sulfonamides is 1. The summed E-state index contributed by atoms with van der Waals surface area (Å²) in [6.45, 7) is 0.269. The minimum absolute atomic E-state index is 0.00118. The van der Waals surface area contributed by atoms with Gasteiger partial charge in [-0.25, -0.2) is 13.6 Å². The van der Waals surface area contributed by atoms with E-state index in [1.165, 1.54) is 30.5 Å². The maximum Gasteiger partial charge on any atom is 0.267 e. The lowest BCUT2D eigenvalue weighted by Crippen LogP contribution is -2.17. The summed E-state index contributed by atoms with van der Waals surface area (Å²) in [6.07, 6.45) is 1.26. The predicted molar refractivity (Wildman–Crippen MR) is 103 cm³/mol. The van der Waals surface area contributed by atoms with Crippen LogP contribution in [0.1, 0.15) is 5.56 Å². The van der Waals surface area contributed by atoms with E-state index in [-0.39, 0.29) is 22.0 Å². The lowest BCUT2D eigenvalue weighted by Gasteiger charge is -2.07. The molecule has 140 valence electrons. The molecule has 0 bridgehead atoms. The van der Waals surface area contributed by atoms with Gasteiger partial charge < -0.3 is 10.6 Å². The van der Waals surface area contributed by atoms with Crippen molar-refractivity contribution >= 4 is 44.8 Å². The van der Waals surface area contributed by atoms with Gasteiger partial charge in [0, 0.05) is 17.8 Å². The maximum absolute atomic E-state index is 12.2. The third kappa shape index (κ3) is 5.98. The third-order valence-electron chi connectivity index (χ3n) is 3.35. The van der Waals surface area contributed by atoms with Crippen LogP contribution < -0.4 is 15.8 Å². The SMILES string of the molecule is N#C/C(=C/NCc1ccc(S(N)(=O)=O)cc1)C(=O)Nc1ccc(Cl)cc1Cl. The average Bonchev–Trinajstić information content (AvgIpc) is 2.60. The number of nitrogens with one attached hydrogen (secondary N) is 2. The molecule has 2 aromatic rings. The number of hydrogen-bond acceptors (Lipinski definition) is 5. The molecular weight excluding hydrogens is 411 g/mol. The Morgan fingerprint density at radius 1 is 1.19 bits per heavy atom. The van der Waals surface area contributed by atoms with E-state index in [0.29, 0.717) is 10.7 Å². The van der Waals surface area contributed by atoms with Crippen LogP contribution in [-0.2, 0) is 21.4 Å². The molecule has 0 saturated heterocycles. The summed E-state index contributed by atoms with van der Waals surface area (Å²) >= 11 is 11.8. The standard InChI is InChI=1S/C17H14Cl2N4O3S/c18-13-3-6-16(15(19)7-13)23-17(24)12(8-20)10-22-9-11-1-4-14(5-2-11)27(21,25)26/h1-7,10,22H,9H2,(H,23,24)(H2,21,25,26)/b12-10-. The molecule has 27 heavy (non-hydrogen) atoms. The van der Waals surface area contributed by atoms with Gasteiger partial charge in [-0.1, -0.05) is 35.3 Å². The molecule has 1 amide bonds. The number of benzene rings is 2. The van der Waals surface area contributed by atoms with E-state index in [1.807, 2.05) is 0 Å². The van der Waals surface area contributed by atoms with Gasteiger partial charge in [-0.15, -0.1) is 0 Å². The maximum atomic E-state index is 12.2. The topological polar surface area (TPSA) is 125 Å². The molecule has 4 N–H and O–H groups in total. The van der Waals surface area contributed by atoms with Crippen LogP contribution in [0.5, 0.6) is 0 Å². The van der Waals surface area contributed by atoms with E-state index < -0.39 is 15.9 Å². The fourth-order valence-electron chi connectivity index (χ4n) is 2.00. The number of nitrogens with two attached hydrogens (primary N) is 1. The average molecular weight is 425 g/mol. The van der Waals surface area contributed by atoms with Crippen molar-refractivity contribution in [3.05, 3.63) is 69.8 Å². The summed E-state index contributed by atoms with van der Waals surface area (Å²) in [5.74, 6) is -0.640. The van der Waals surface area contributed by atoms with E-state index in [1.54, 1.807) is 24.3 Å². The van der Waals surface area contributed by atoms with E-state index in [9.17, 15) is 13.2 Å². The normalized spacial score (nSPS) is 11.6. The van der Waals surface area contributed by atoms with Gasteiger partial charge in [0.25, 0.3) is 5.91 Å². The summed E-state index contributed by atoms with van der Waals surface area (Å²) in [5.41, 5.74) is 0.894. The highest BCUT2D eigenvalue weighted by molar-refractivity contribution is 7.89. The zero-order valence-corrected chi connectivity index (χ0v) is 16.1. The molecule has 2 aromatic carbocycles. The van der Waals surface area contributed by atoms with Gasteiger partial charge in [-0.05, 0) is 35.9 Å². The third-order valence-corrected chi connectivity index (χ3v) is 4.83. The summed E-state index contributed by atoms with van der Waals surface area (Å²) in [5, 5.41) is 20.2. The number of sulfonamides is 1. The lowest BCUT2D eigenvalue weighted by molar-refractivity contribution is -0.112. The number of amides is 1. The van der Waals surface area contributed by atoms with Gasteiger partial charge in [0.05, 0.1) is 15.6 Å². The van der Waals surface area contributed by atoms with Crippen LogP contribution in [0.3, 0.4) is 0 Å². The Labute approximate surface area is 166 Å². The molecular formula is C17H14Cl2N4O3S. The first-order valence-electron chi connectivity index (χ1n) is 7.42. The molecule has 0 atom stereocenters. The number of nitriles is 1. The van der Waals surface area contributed by atoms with Gasteiger partial charge in [0.15, 0.2) is 0 Å². The Kier molecular flexibility index (Phi) is 6.82. The number of carbonyl (C=O) groups is 1. The van der Waals surface area contributed by atoms with Gasteiger partial charge in [-0.2, -0.15) is 5.26 Å². The molecule has 0 saturated carbocycles.